The molecule has 3 atom stereocenters. The van der Waals surface area contributed by atoms with Gasteiger partial charge in [-0.1, -0.05) is 36.8 Å². The van der Waals surface area contributed by atoms with E-state index in [4.69, 9.17) is 4.74 Å². The van der Waals surface area contributed by atoms with E-state index in [1.54, 1.807) is 9.80 Å². The standard InChI is InChI=1S/C26H32N2O4/c29-17-23-25(20-9-7-19(8-10-20)6-5-18-3-1-2-4-18)22-15-27(16-24(30)28(22)23)26(31)21-11-13-32-14-12-21/h7-10,18,21-23,25,29H,1-4,11-17H2/t22-,23+,25+/m1/s1. The van der Waals surface area contributed by atoms with Gasteiger partial charge in [-0.05, 0) is 43.4 Å². The third-order valence-electron chi connectivity index (χ3n) is 7.71. The minimum Gasteiger partial charge on any atom is -0.394 e. The van der Waals surface area contributed by atoms with Crippen molar-refractivity contribution in [3.05, 3.63) is 35.4 Å². The maximum atomic E-state index is 13.0. The summed E-state index contributed by atoms with van der Waals surface area (Å²) in [6.45, 7) is 1.81. The van der Waals surface area contributed by atoms with Crippen LogP contribution in [0.2, 0.25) is 0 Å². The smallest absolute Gasteiger partial charge is 0.242 e. The lowest BCUT2D eigenvalue weighted by Crippen LogP contribution is -2.73. The quantitative estimate of drug-likeness (QED) is 0.738. The van der Waals surface area contributed by atoms with Crippen molar-refractivity contribution >= 4 is 11.8 Å². The van der Waals surface area contributed by atoms with Gasteiger partial charge in [0.25, 0.3) is 0 Å². The van der Waals surface area contributed by atoms with Gasteiger partial charge < -0.3 is 19.6 Å². The first kappa shape index (κ1) is 21.5. The van der Waals surface area contributed by atoms with E-state index in [1.807, 2.05) is 12.1 Å². The number of fused-ring (bicyclic) bond motifs is 1. The van der Waals surface area contributed by atoms with Gasteiger partial charge in [0, 0.05) is 43.1 Å². The van der Waals surface area contributed by atoms with Gasteiger partial charge in [0.05, 0.1) is 25.2 Å². The number of carbonyl (C=O) groups is 2. The molecule has 6 nitrogen and oxygen atoms in total. The Balaban J connectivity index is 1.30. The second kappa shape index (κ2) is 9.25. The second-order valence-corrected chi connectivity index (χ2v) is 9.62. The van der Waals surface area contributed by atoms with Gasteiger partial charge in [0.15, 0.2) is 0 Å². The molecule has 1 aliphatic carbocycles. The monoisotopic (exact) mass is 436 g/mol. The Kier molecular flexibility index (Phi) is 6.21. The van der Waals surface area contributed by atoms with E-state index in [2.05, 4.69) is 24.0 Å². The van der Waals surface area contributed by atoms with Crippen LogP contribution < -0.4 is 0 Å². The molecule has 170 valence electrons. The van der Waals surface area contributed by atoms with Crippen LogP contribution >= 0.6 is 0 Å². The molecule has 5 rings (SSSR count). The third-order valence-corrected chi connectivity index (χ3v) is 7.71. The summed E-state index contributed by atoms with van der Waals surface area (Å²) in [6, 6.07) is 7.95. The molecule has 3 saturated heterocycles. The van der Waals surface area contributed by atoms with Gasteiger partial charge in [-0.25, -0.2) is 0 Å². The predicted molar refractivity (Wildman–Crippen MR) is 120 cm³/mol. The minimum absolute atomic E-state index is 0.0334. The summed E-state index contributed by atoms with van der Waals surface area (Å²) < 4.78 is 5.38. The highest BCUT2D eigenvalue weighted by Gasteiger charge is 2.54. The molecule has 3 heterocycles. The fourth-order valence-corrected chi connectivity index (χ4v) is 5.91. The minimum atomic E-state index is -0.219. The molecule has 4 aliphatic rings. The fourth-order valence-electron chi connectivity index (χ4n) is 5.91. The van der Waals surface area contributed by atoms with Crippen LogP contribution in [0.15, 0.2) is 24.3 Å². The van der Waals surface area contributed by atoms with Crippen LogP contribution in [-0.4, -0.2) is 71.7 Å². The Hall–Kier alpha value is -2.36. The zero-order valence-corrected chi connectivity index (χ0v) is 18.5. The Morgan fingerprint density at radius 3 is 2.50 bits per heavy atom. The highest BCUT2D eigenvalue weighted by Crippen LogP contribution is 2.43. The maximum absolute atomic E-state index is 13.0. The number of hydrogen-bond donors (Lipinski definition) is 1. The molecular weight excluding hydrogens is 404 g/mol. The summed E-state index contributed by atoms with van der Waals surface area (Å²) in [5.74, 6) is 7.24. The average Bonchev–Trinajstić information content (AvgIpc) is 3.33. The summed E-state index contributed by atoms with van der Waals surface area (Å²) in [5, 5.41) is 10.0. The van der Waals surface area contributed by atoms with Crippen molar-refractivity contribution in [1.82, 2.24) is 9.80 Å². The Morgan fingerprint density at radius 1 is 1.09 bits per heavy atom. The molecule has 0 bridgehead atoms. The summed E-state index contributed by atoms with van der Waals surface area (Å²) in [7, 11) is 0. The van der Waals surface area contributed by atoms with Crippen LogP contribution in [0.3, 0.4) is 0 Å². The van der Waals surface area contributed by atoms with E-state index >= 15 is 0 Å². The molecule has 0 radical (unpaired) electrons. The van der Waals surface area contributed by atoms with E-state index in [1.165, 1.54) is 25.7 Å². The first-order valence-electron chi connectivity index (χ1n) is 12.1. The van der Waals surface area contributed by atoms with Crippen LogP contribution in [-0.2, 0) is 14.3 Å². The van der Waals surface area contributed by atoms with E-state index < -0.39 is 0 Å². The van der Waals surface area contributed by atoms with Gasteiger partial charge in [-0.15, -0.1) is 0 Å². The summed E-state index contributed by atoms with van der Waals surface area (Å²) in [4.78, 5) is 29.4. The van der Waals surface area contributed by atoms with Crippen molar-refractivity contribution in [3.8, 4) is 11.8 Å². The van der Waals surface area contributed by atoms with Crippen molar-refractivity contribution < 1.29 is 19.4 Å². The van der Waals surface area contributed by atoms with Crippen molar-refractivity contribution in [2.45, 2.75) is 56.5 Å². The summed E-state index contributed by atoms with van der Waals surface area (Å²) >= 11 is 0. The van der Waals surface area contributed by atoms with Crippen molar-refractivity contribution in [2.75, 3.05) is 32.9 Å². The SMILES string of the molecule is O=C(C1CCOCC1)N1CC(=O)N2[C@H](C1)[C@H](c1ccc(C#CC3CCCC3)cc1)[C@@H]2CO. The second-order valence-electron chi connectivity index (χ2n) is 9.62. The summed E-state index contributed by atoms with van der Waals surface area (Å²) in [6.07, 6.45) is 6.44. The van der Waals surface area contributed by atoms with Crippen LogP contribution in [0.5, 0.6) is 0 Å². The molecule has 0 spiro atoms. The molecule has 0 aromatic heterocycles. The fraction of sp³-hybridized carbons (Fsp3) is 0.615. The first-order chi connectivity index (χ1) is 15.7. The molecule has 4 fully saturated rings. The summed E-state index contributed by atoms with van der Waals surface area (Å²) in [5.41, 5.74) is 2.11. The molecule has 1 N–H and O–H groups in total. The van der Waals surface area contributed by atoms with Gasteiger partial charge in [0.1, 0.15) is 0 Å². The number of benzene rings is 1. The normalized spacial score (nSPS) is 28.7. The molecule has 1 aromatic carbocycles. The predicted octanol–water partition coefficient (Wildman–Crippen LogP) is 2.15. The van der Waals surface area contributed by atoms with Crippen molar-refractivity contribution in [1.29, 1.82) is 0 Å². The number of aliphatic hydroxyl groups excluding tert-OH is 1. The first-order valence-corrected chi connectivity index (χ1v) is 12.1. The number of piperazine rings is 1. The molecule has 6 heteroatoms. The van der Waals surface area contributed by atoms with Gasteiger partial charge in [0.2, 0.25) is 11.8 Å². The lowest BCUT2D eigenvalue weighted by molar-refractivity contribution is -0.169. The Bertz CT molecular complexity index is 906. The number of carbonyl (C=O) groups excluding carboxylic acids is 2. The average molecular weight is 437 g/mol. The molecule has 1 saturated carbocycles. The van der Waals surface area contributed by atoms with Crippen LogP contribution in [0, 0.1) is 23.7 Å². The van der Waals surface area contributed by atoms with Crippen LogP contribution in [0.4, 0.5) is 0 Å². The Morgan fingerprint density at radius 2 is 1.81 bits per heavy atom. The van der Waals surface area contributed by atoms with E-state index in [9.17, 15) is 14.7 Å². The largest absolute Gasteiger partial charge is 0.394 e. The van der Waals surface area contributed by atoms with E-state index in [0.717, 1.165) is 24.0 Å². The lowest BCUT2D eigenvalue weighted by atomic mass is 9.73. The zero-order chi connectivity index (χ0) is 22.1. The molecular formula is C26H32N2O4. The Labute approximate surface area is 189 Å². The van der Waals surface area contributed by atoms with E-state index in [-0.39, 0.29) is 48.9 Å². The lowest BCUT2D eigenvalue weighted by Gasteiger charge is -2.59. The maximum Gasteiger partial charge on any atom is 0.242 e. The van der Waals surface area contributed by atoms with Crippen LogP contribution in [0.1, 0.15) is 55.6 Å². The molecule has 3 aliphatic heterocycles. The number of nitrogens with zero attached hydrogens (tertiary/aromatic N) is 2. The number of amides is 2. The van der Waals surface area contributed by atoms with Crippen molar-refractivity contribution in [2.24, 2.45) is 11.8 Å². The molecule has 0 unspecified atom stereocenters. The van der Waals surface area contributed by atoms with Crippen molar-refractivity contribution in [3.63, 3.8) is 0 Å². The van der Waals surface area contributed by atoms with Gasteiger partial charge >= 0.3 is 0 Å². The van der Waals surface area contributed by atoms with E-state index in [0.29, 0.717) is 25.7 Å². The highest BCUT2D eigenvalue weighted by atomic mass is 16.5. The number of ether oxygens (including phenoxy) is 1. The topological polar surface area (TPSA) is 70.1 Å². The molecule has 2 amide bonds. The van der Waals surface area contributed by atoms with Gasteiger partial charge in [-0.2, -0.15) is 0 Å². The molecule has 1 aromatic rings. The third kappa shape index (κ3) is 4.04. The number of hydrogen-bond acceptors (Lipinski definition) is 4. The number of rotatable bonds is 3. The highest BCUT2D eigenvalue weighted by molar-refractivity contribution is 5.88. The molecule has 32 heavy (non-hydrogen) atoms. The zero-order valence-electron chi connectivity index (χ0n) is 18.5. The van der Waals surface area contributed by atoms with Gasteiger partial charge in [-0.3, -0.25) is 9.59 Å². The van der Waals surface area contributed by atoms with Crippen LogP contribution in [0.25, 0.3) is 0 Å². The number of aliphatic hydroxyl groups is 1.